The number of rotatable bonds is 4. The summed E-state index contributed by atoms with van der Waals surface area (Å²) < 4.78 is 26.2. The van der Waals surface area contributed by atoms with Gasteiger partial charge in [0.15, 0.2) is 12.0 Å². The van der Waals surface area contributed by atoms with Gasteiger partial charge >= 0.3 is 0 Å². The summed E-state index contributed by atoms with van der Waals surface area (Å²) in [5, 5.41) is 6.92. The minimum atomic E-state index is -2.72. The van der Waals surface area contributed by atoms with Gasteiger partial charge in [0.1, 0.15) is 5.69 Å². The van der Waals surface area contributed by atoms with E-state index >= 15 is 0 Å². The highest BCUT2D eigenvalue weighted by atomic mass is 19.3. The van der Waals surface area contributed by atoms with Crippen LogP contribution in [0.4, 0.5) is 8.78 Å². The van der Waals surface area contributed by atoms with E-state index in [2.05, 4.69) is 10.3 Å². The van der Waals surface area contributed by atoms with Crippen LogP contribution in [0.5, 0.6) is 0 Å². The summed E-state index contributed by atoms with van der Waals surface area (Å²) in [5.41, 5.74) is -0.672. The maximum Gasteiger partial charge on any atom is 0.282 e. The molecule has 4 nitrogen and oxygen atoms in total. The molecule has 1 aromatic heterocycles. The van der Waals surface area contributed by atoms with E-state index in [9.17, 15) is 13.6 Å². The topological polar surface area (TPSA) is 47.8 Å². The van der Waals surface area contributed by atoms with Crippen LogP contribution in [-0.2, 0) is 0 Å². The van der Waals surface area contributed by atoms with Crippen LogP contribution in [0.3, 0.4) is 0 Å². The van der Waals surface area contributed by atoms with Gasteiger partial charge in [-0.15, -0.1) is 5.10 Å². The number of hydrogen-bond acceptors (Lipinski definition) is 3. The smallest absolute Gasteiger partial charge is 0.282 e. The molecule has 6 heteroatoms. The standard InChI is InChI=1S/C8H11F2N3O/c1-3-5(2)13-7(8(9)10)6(4-14)11-12-13/h4-5,8H,3H2,1-2H3. The second kappa shape index (κ2) is 4.26. The molecule has 1 atom stereocenters. The average Bonchev–Trinajstić information content (AvgIpc) is 2.59. The molecule has 0 amide bonds. The number of aromatic nitrogens is 3. The number of alkyl halides is 2. The number of aldehydes is 1. The Morgan fingerprint density at radius 2 is 2.21 bits per heavy atom. The van der Waals surface area contributed by atoms with Gasteiger partial charge in [-0.25, -0.2) is 13.5 Å². The Hall–Kier alpha value is -1.33. The fourth-order valence-electron chi connectivity index (χ4n) is 1.11. The normalized spacial score (nSPS) is 13.2. The molecule has 0 aromatic carbocycles. The number of carbonyl (C=O) groups is 1. The maximum atomic E-state index is 12.5. The quantitative estimate of drug-likeness (QED) is 0.703. The van der Waals surface area contributed by atoms with E-state index in [-0.39, 0.29) is 11.7 Å². The van der Waals surface area contributed by atoms with Crippen LogP contribution in [0.1, 0.15) is 48.9 Å². The lowest BCUT2D eigenvalue weighted by atomic mass is 10.2. The Bertz CT molecular complexity index is 324. The first kappa shape index (κ1) is 10.7. The van der Waals surface area contributed by atoms with Gasteiger partial charge in [0.05, 0.1) is 6.04 Å². The molecule has 0 aliphatic heterocycles. The Labute approximate surface area is 79.9 Å². The lowest BCUT2D eigenvalue weighted by molar-refractivity contribution is 0.109. The second-order valence-corrected chi connectivity index (χ2v) is 2.98. The van der Waals surface area contributed by atoms with Crippen molar-refractivity contribution in [2.24, 2.45) is 0 Å². The molecule has 1 heterocycles. The van der Waals surface area contributed by atoms with Gasteiger partial charge in [0.2, 0.25) is 0 Å². The Morgan fingerprint density at radius 1 is 1.57 bits per heavy atom. The first-order valence-corrected chi connectivity index (χ1v) is 4.30. The van der Waals surface area contributed by atoms with Crippen LogP contribution >= 0.6 is 0 Å². The van der Waals surface area contributed by atoms with E-state index in [1.807, 2.05) is 6.92 Å². The van der Waals surface area contributed by atoms with Crippen LogP contribution in [-0.4, -0.2) is 21.3 Å². The fraction of sp³-hybridized carbons (Fsp3) is 0.625. The first-order valence-electron chi connectivity index (χ1n) is 4.30. The number of carbonyl (C=O) groups excluding carboxylic acids is 1. The molecule has 0 spiro atoms. The molecule has 1 aromatic rings. The van der Waals surface area contributed by atoms with Gasteiger partial charge in [-0.05, 0) is 13.3 Å². The predicted octanol–water partition coefficient (Wildman–Crippen LogP) is 2.00. The molecule has 0 bridgehead atoms. The van der Waals surface area contributed by atoms with Crippen molar-refractivity contribution in [3.8, 4) is 0 Å². The Kier molecular flexibility index (Phi) is 3.27. The van der Waals surface area contributed by atoms with Crippen LogP contribution in [0.2, 0.25) is 0 Å². The molecule has 0 N–H and O–H groups in total. The zero-order valence-electron chi connectivity index (χ0n) is 7.94. The minimum Gasteiger partial charge on any atom is -0.296 e. The van der Waals surface area contributed by atoms with Gasteiger partial charge in [-0.3, -0.25) is 4.79 Å². The largest absolute Gasteiger partial charge is 0.296 e. The van der Waals surface area contributed by atoms with E-state index in [4.69, 9.17) is 0 Å². The van der Waals surface area contributed by atoms with Gasteiger partial charge < -0.3 is 0 Å². The van der Waals surface area contributed by atoms with E-state index in [0.29, 0.717) is 12.7 Å². The maximum absolute atomic E-state index is 12.5. The lowest BCUT2D eigenvalue weighted by Gasteiger charge is -2.11. The Balaban J connectivity index is 3.16. The second-order valence-electron chi connectivity index (χ2n) is 2.98. The van der Waals surface area contributed by atoms with Gasteiger partial charge in [0.25, 0.3) is 6.43 Å². The molecule has 78 valence electrons. The molecule has 0 radical (unpaired) electrons. The van der Waals surface area contributed by atoms with E-state index in [0.717, 1.165) is 4.68 Å². The molecular weight excluding hydrogens is 192 g/mol. The van der Waals surface area contributed by atoms with Crippen LogP contribution in [0.15, 0.2) is 0 Å². The minimum absolute atomic E-state index is 0.180. The lowest BCUT2D eigenvalue weighted by Crippen LogP contribution is -2.11. The van der Waals surface area contributed by atoms with E-state index in [1.165, 1.54) is 0 Å². The molecule has 0 saturated carbocycles. The van der Waals surface area contributed by atoms with Crippen molar-refractivity contribution < 1.29 is 13.6 Å². The summed E-state index contributed by atoms with van der Waals surface area (Å²) >= 11 is 0. The molecule has 1 unspecified atom stereocenters. The van der Waals surface area contributed by atoms with Crippen molar-refractivity contribution in [3.05, 3.63) is 11.4 Å². The number of hydrogen-bond donors (Lipinski definition) is 0. The summed E-state index contributed by atoms with van der Waals surface area (Å²) in [4.78, 5) is 10.4. The average molecular weight is 203 g/mol. The number of halogens is 2. The monoisotopic (exact) mass is 203 g/mol. The first-order chi connectivity index (χ1) is 6.61. The third kappa shape index (κ3) is 1.78. The van der Waals surface area contributed by atoms with Crippen LogP contribution < -0.4 is 0 Å². The van der Waals surface area contributed by atoms with Gasteiger partial charge in [-0.1, -0.05) is 12.1 Å². The van der Waals surface area contributed by atoms with Crippen molar-refractivity contribution in [1.29, 1.82) is 0 Å². The van der Waals surface area contributed by atoms with E-state index in [1.54, 1.807) is 6.92 Å². The fourth-order valence-corrected chi connectivity index (χ4v) is 1.11. The van der Waals surface area contributed by atoms with Crippen molar-refractivity contribution in [1.82, 2.24) is 15.0 Å². The summed E-state index contributed by atoms with van der Waals surface area (Å²) in [6.07, 6.45) is -1.77. The zero-order chi connectivity index (χ0) is 10.7. The SMILES string of the molecule is CCC(C)n1nnc(C=O)c1C(F)F. The van der Waals surface area contributed by atoms with Crippen molar-refractivity contribution >= 4 is 6.29 Å². The summed E-state index contributed by atoms with van der Waals surface area (Å²) in [5.74, 6) is 0. The van der Waals surface area contributed by atoms with Crippen molar-refractivity contribution in [3.63, 3.8) is 0 Å². The molecular formula is C8H11F2N3O. The van der Waals surface area contributed by atoms with Gasteiger partial charge in [0, 0.05) is 0 Å². The summed E-state index contributed by atoms with van der Waals surface area (Å²) in [6, 6.07) is -0.180. The molecule has 1 rings (SSSR count). The third-order valence-corrected chi connectivity index (χ3v) is 2.08. The highest BCUT2D eigenvalue weighted by Crippen LogP contribution is 2.24. The Morgan fingerprint density at radius 3 is 2.64 bits per heavy atom. The van der Waals surface area contributed by atoms with Crippen molar-refractivity contribution in [2.75, 3.05) is 0 Å². The van der Waals surface area contributed by atoms with Gasteiger partial charge in [-0.2, -0.15) is 0 Å². The highest BCUT2D eigenvalue weighted by Gasteiger charge is 2.23. The predicted molar refractivity (Wildman–Crippen MR) is 45.4 cm³/mol. The molecule has 14 heavy (non-hydrogen) atoms. The summed E-state index contributed by atoms with van der Waals surface area (Å²) in [6.45, 7) is 3.59. The highest BCUT2D eigenvalue weighted by molar-refractivity contribution is 5.73. The van der Waals surface area contributed by atoms with Crippen LogP contribution in [0.25, 0.3) is 0 Å². The third-order valence-electron chi connectivity index (χ3n) is 2.08. The zero-order valence-corrected chi connectivity index (χ0v) is 7.94. The molecule has 0 saturated heterocycles. The van der Waals surface area contributed by atoms with Crippen LogP contribution in [0, 0.1) is 0 Å². The number of nitrogens with zero attached hydrogens (tertiary/aromatic N) is 3. The molecule has 0 aliphatic carbocycles. The van der Waals surface area contributed by atoms with E-state index < -0.39 is 12.1 Å². The molecule has 0 aliphatic rings. The molecule has 0 fully saturated rings. The van der Waals surface area contributed by atoms with Crippen molar-refractivity contribution in [2.45, 2.75) is 32.7 Å². The summed E-state index contributed by atoms with van der Waals surface area (Å²) in [7, 11) is 0.